The largest absolute Gasteiger partial charge is 0.478 e. The predicted molar refractivity (Wildman–Crippen MR) is 128 cm³/mol. The van der Waals surface area contributed by atoms with Gasteiger partial charge in [0.1, 0.15) is 11.4 Å². The Morgan fingerprint density at radius 1 is 1.15 bits per heavy atom. The minimum atomic E-state index is -1.42. The molecule has 1 atom stereocenters. The van der Waals surface area contributed by atoms with Gasteiger partial charge in [-0.3, -0.25) is 4.99 Å². The highest BCUT2D eigenvalue weighted by Crippen LogP contribution is 2.43. The molecule has 0 bridgehead atoms. The molecule has 2 heterocycles. The molecule has 2 N–H and O–H groups in total. The lowest BCUT2D eigenvalue weighted by Gasteiger charge is -2.27. The molecule has 0 spiro atoms. The Kier molecular flexibility index (Phi) is 5.31. The van der Waals surface area contributed by atoms with Crippen molar-refractivity contribution in [2.24, 2.45) is 4.99 Å². The second-order valence-electron chi connectivity index (χ2n) is 8.66. The maximum absolute atomic E-state index is 13.8. The molecule has 6 nitrogen and oxygen atoms in total. The number of rotatable bonds is 6. The number of fused-ring (bicyclic) bond motifs is 2. The topological polar surface area (TPSA) is 84.0 Å². The van der Waals surface area contributed by atoms with Crippen molar-refractivity contribution in [3.8, 4) is 16.8 Å². The van der Waals surface area contributed by atoms with Gasteiger partial charge in [-0.25, -0.2) is 9.18 Å². The van der Waals surface area contributed by atoms with Gasteiger partial charge in [-0.2, -0.15) is 0 Å². The van der Waals surface area contributed by atoms with Gasteiger partial charge in [0.05, 0.1) is 29.9 Å². The summed E-state index contributed by atoms with van der Waals surface area (Å²) in [5, 5.41) is 21.9. The second-order valence-corrected chi connectivity index (χ2v) is 8.66. The van der Waals surface area contributed by atoms with Crippen LogP contribution in [0.4, 0.5) is 4.39 Å². The number of ether oxygens (including phenoxy) is 1. The standard InChI is InChI=1S/C27H23FN2O4/c1-27(33,15-34-2)25-24(16-3-5-17(6-4-16)26(31)32)22-11-18-13-29-14-19(18)12-23(22)30(25)21-9-7-20(28)8-10-21/h3-12,14,33H,13,15H2,1-2H3,(H,31,32). The van der Waals surface area contributed by atoms with Crippen LogP contribution in [-0.2, 0) is 16.9 Å². The fourth-order valence-corrected chi connectivity index (χ4v) is 4.68. The van der Waals surface area contributed by atoms with Crippen LogP contribution < -0.4 is 0 Å². The third-order valence-corrected chi connectivity index (χ3v) is 6.16. The first kappa shape index (κ1) is 22.0. The first-order chi connectivity index (χ1) is 16.3. The molecule has 0 saturated carbocycles. The summed E-state index contributed by atoms with van der Waals surface area (Å²) in [5.74, 6) is -1.37. The van der Waals surface area contributed by atoms with Gasteiger partial charge in [0, 0.05) is 30.0 Å². The summed E-state index contributed by atoms with van der Waals surface area (Å²) in [6.45, 7) is 2.26. The van der Waals surface area contributed by atoms with E-state index in [0.717, 1.165) is 33.2 Å². The summed E-state index contributed by atoms with van der Waals surface area (Å²) >= 11 is 0. The highest BCUT2D eigenvalue weighted by molar-refractivity contribution is 6.03. The Morgan fingerprint density at radius 3 is 2.50 bits per heavy atom. The van der Waals surface area contributed by atoms with Crippen LogP contribution in [0, 0.1) is 5.82 Å². The van der Waals surface area contributed by atoms with E-state index in [0.29, 0.717) is 17.9 Å². The smallest absolute Gasteiger partial charge is 0.335 e. The number of methoxy groups -OCH3 is 1. The van der Waals surface area contributed by atoms with Crippen molar-refractivity contribution in [1.82, 2.24) is 4.57 Å². The molecular weight excluding hydrogens is 435 g/mol. The van der Waals surface area contributed by atoms with Crippen molar-refractivity contribution in [3.05, 3.63) is 88.9 Å². The van der Waals surface area contributed by atoms with Gasteiger partial charge < -0.3 is 19.5 Å². The zero-order valence-corrected chi connectivity index (χ0v) is 18.7. The minimum Gasteiger partial charge on any atom is -0.478 e. The average molecular weight is 458 g/mol. The molecule has 1 aromatic heterocycles. The van der Waals surface area contributed by atoms with Crippen molar-refractivity contribution >= 4 is 23.1 Å². The number of benzene rings is 3. The van der Waals surface area contributed by atoms with E-state index in [1.54, 1.807) is 43.3 Å². The molecular formula is C27H23FN2O4. The van der Waals surface area contributed by atoms with Crippen LogP contribution in [0.3, 0.4) is 0 Å². The fourth-order valence-electron chi connectivity index (χ4n) is 4.68. The number of carbonyl (C=O) groups is 1. The van der Waals surface area contributed by atoms with Gasteiger partial charge >= 0.3 is 5.97 Å². The summed E-state index contributed by atoms with van der Waals surface area (Å²) in [6, 6.07) is 16.7. The second kappa shape index (κ2) is 8.20. The van der Waals surface area contributed by atoms with E-state index >= 15 is 0 Å². The quantitative estimate of drug-likeness (QED) is 0.430. The minimum absolute atomic E-state index is 0.0197. The number of hydrogen-bond acceptors (Lipinski definition) is 4. The molecule has 1 aliphatic rings. The van der Waals surface area contributed by atoms with Gasteiger partial charge in [0.2, 0.25) is 0 Å². The van der Waals surface area contributed by atoms with Crippen LogP contribution in [0.1, 0.15) is 34.1 Å². The van der Waals surface area contributed by atoms with E-state index in [4.69, 9.17) is 4.74 Å². The molecule has 172 valence electrons. The van der Waals surface area contributed by atoms with Crippen LogP contribution in [-0.4, -0.2) is 40.7 Å². The SMILES string of the molecule is COCC(C)(O)c1c(-c2ccc(C(=O)O)cc2)c2cc3c(cc2n1-c1ccc(F)cc1)C=NC3. The number of aliphatic imine (C=N–C) groups is 1. The Morgan fingerprint density at radius 2 is 1.85 bits per heavy atom. The number of hydrogen-bond donors (Lipinski definition) is 2. The molecule has 0 amide bonds. The van der Waals surface area contributed by atoms with E-state index in [1.165, 1.54) is 19.2 Å². The molecule has 1 unspecified atom stereocenters. The van der Waals surface area contributed by atoms with Gasteiger partial charge in [-0.15, -0.1) is 0 Å². The van der Waals surface area contributed by atoms with Crippen molar-refractivity contribution in [3.63, 3.8) is 0 Å². The lowest BCUT2D eigenvalue weighted by atomic mass is 9.92. The third-order valence-electron chi connectivity index (χ3n) is 6.16. The van der Waals surface area contributed by atoms with Crippen LogP contribution in [0.2, 0.25) is 0 Å². The first-order valence-electron chi connectivity index (χ1n) is 10.8. The summed E-state index contributed by atoms with van der Waals surface area (Å²) in [4.78, 5) is 15.8. The number of aromatic carboxylic acids is 1. The first-order valence-corrected chi connectivity index (χ1v) is 10.8. The molecule has 0 fully saturated rings. The van der Waals surface area contributed by atoms with Gasteiger partial charge in [-0.1, -0.05) is 12.1 Å². The lowest BCUT2D eigenvalue weighted by molar-refractivity contribution is -0.0243. The molecule has 34 heavy (non-hydrogen) atoms. The Bertz CT molecular complexity index is 1430. The van der Waals surface area contributed by atoms with Gasteiger partial charge in [0.25, 0.3) is 0 Å². The summed E-state index contributed by atoms with van der Waals surface area (Å²) in [6.07, 6.45) is 1.82. The lowest BCUT2D eigenvalue weighted by Crippen LogP contribution is -2.30. The fraction of sp³-hybridized carbons (Fsp3) is 0.185. The van der Waals surface area contributed by atoms with Crippen LogP contribution in [0.25, 0.3) is 27.7 Å². The maximum atomic E-state index is 13.8. The van der Waals surface area contributed by atoms with Gasteiger partial charge in [0.15, 0.2) is 0 Å². The summed E-state index contributed by atoms with van der Waals surface area (Å²) < 4.78 is 21.1. The molecule has 0 aliphatic carbocycles. The molecule has 0 saturated heterocycles. The van der Waals surface area contributed by atoms with Crippen molar-refractivity contribution in [2.75, 3.05) is 13.7 Å². The Labute approximate surface area is 195 Å². The van der Waals surface area contributed by atoms with E-state index in [2.05, 4.69) is 11.1 Å². The summed E-state index contributed by atoms with van der Waals surface area (Å²) in [7, 11) is 1.52. The van der Waals surface area contributed by atoms with Crippen molar-refractivity contribution in [1.29, 1.82) is 0 Å². The Hall–Kier alpha value is -3.81. The number of carboxylic acids is 1. The number of nitrogens with zero attached hydrogens (tertiary/aromatic N) is 2. The van der Waals surface area contributed by atoms with Crippen LogP contribution in [0.15, 0.2) is 65.7 Å². The van der Waals surface area contributed by atoms with Crippen molar-refractivity contribution < 1.29 is 24.1 Å². The van der Waals surface area contributed by atoms with E-state index in [9.17, 15) is 19.4 Å². The Balaban J connectivity index is 1.91. The van der Waals surface area contributed by atoms with E-state index < -0.39 is 11.6 Å². The molecule has 5 rings (SSSR count). The van der Waals surface area contributed by atoms with Crippen LogP contribution >= 0.6 is 0 Å². The van der Waals surface area contributed by atoms with Crippen molar-refractivity contribution in [2.45, 2.75) is 19.1 Å². The number of aromatic nitrogens is 1. The summed E-state index contributed by atoms with van der Waals surface area (Å²) in [5.41, 5.74) is 4.38. The zero-order chi connectivity index (χ0) is 24.0. The number of aliphatic hydroxyl groups is 1. The van der Waals surface area contributed by atoms with E-state index in [-0.39, 0.29) is 18.0 Å². The third kappa shape index (κ3) is 3.59. The highest BCUT2D eigenvalue weighted by Gasteiger charge is 2.34. The zero-order valence-electron chi connectivity index (χ0n) is 18.7. The number of carboxylic acid groups (broad SMARTS) is 1. The monoisotopic (exact) mass is 458 g/mol. The molecule has 0 radical (unpaired) electrons. The average Bonchev–Trinajstić information content (AvgIpc) is 3.40. The molecule has 7 heteroatoms. The van der Waals surface area contributed by atoms with Gasteiger partial charge in [-0.05, 0) is 72.1 Å². The molecule has 3 aromatic carbocycles. The normalized spacial score (nSPS) is 14.4. The maximum Gasteiger partial charge on any atom is 0.335 e. The number of halogens is 1. The van der Waals surface area contributed by atoms with Crippen LogP contribution in [0.5, 0.6) is 0 Å². The molecule has 1 aliphatic heterocycles. The predicted octanol–water partition coefficient (Wildman–Crippen LogP) is 4.92. The highest BCUT2D eigenvalue weighted by atomic mass is 19.1. The molecule has 4 aromatic rings. The van der Waals surface area contributed by atoms with E-state index in [1.807, 2.05) is 16.8 Å².